The molecule has 19 heavy (non-hydrogen) atoms. The number of carbonyl (C=O) groups excluding carboxylic acids is 1. The van der Waals surface area contributed by atoms with Gasteiger partial charge >= 0.3 is 0 Å². The molecule has 0 aliphatic carbocycles. The van der Waals surface area contributed by atoms with E-state index >= 15 is 0 Å². The van der Waals surface area contributed by atoms with E-state index in [1.807, 2.05) is 0 Å². The van der Waals surface area contributed by atoms with Crippen molar-refractivity contribution in [1.29, 1.82) is 0 Å². The van der Waals surface area contributed by atoms with Crippen LogP contribution in [0, 0.1) is 5.92 Å². The highest BCUT2D eigenvalue weighted by Gasteiger charge is 2.30. The van der Waals surface area contributed by atoms with E-state index in [1.165, 1.54) is 18.4 Å². The summed E-state index contributed by atoms with van der Waals surface area (Å²) in [5.41, 5.74) is 1.40. The van der Waals surface area contributed by atoms with Gasteiger partial charge in [0, 0.05) is 25.0 Å². The Morgan fingerprint density at radius 2 is 1.79 bits per heavy atom. The van der Waals surface area contributed by atoms with Gasteiger partial charge in [0.2, 0.25) is 0 Å². The number of carbonyl (C=O) groups is 1. The van der Waals surface area contributed by atoms with Crippen LogP contribution in [-0.2, 0) is 11.3 Å². The molecule has 1 fully saturated rings. The second-order valence-electron chi connectivity index (χ2n) is 5.94. The predicted molar refractivity (Wildman–Crippen MR) is 78.9 cm³/mol. The first-order chi connectivity index (χ1) is 9.20. The van der Waals surface area contributed by atoms with Crippen LogP contribution < -0.4 is 0 Å². The average molecular weight is 259 g/mol. The highest BCUT2D eigenvalue weighted by Crippen LogP contribution is 2.31. The van der Waals surface area contributed by atoms with Gasteiger partial charge in [0.15, 0.2) is 0 Å². The maximum absolute atomic E-state index is 10.5. The Labute approximate surface area is 116 Å². The van der Waals surface area contributed by atoms with Crippen molar-refractivity contribution in [2.45, 2.75) is 58.2 Å². The first-order valence-electron chi connectivity index (χ1n) is 7.44. The van der Waals surface area contributed by atoms with Crippen molar-refractivity contribution in [3.05, 3.63) is 35.9 Å². The normalized spacial score (nSPS) is 28.2. The number of hydrogen-bond donors (Lipinski definition) is 0. The second-order valence-corrected chi connectivity index (χ2v) is 5.94. The lowest BCUT2D eigenvalue weighted by molar-refractivity contribution is -0.108. The van der Waals surface area contributed by atoms with Gasteiger partial charge in [0.25, 0.3) is 0 Å². The minimum Gasteiger partial charge on any atom is -0.303 e. The zero-order chi connectivity index (χ0) is 13.7. The van der Waals surface area contributed by atoms with Gasteiger partial charge in [-0.1, -0.05) is 30.3 Å². The van der Waals surface area contributed by atoms with Crippen molar-refractivity contribution >= 4 is 6.29 Å². The number of nitrogens with zero attached hydrogens (tertiary/aromatic N) is 1. The predicted octanol–water partition coefficient (Wildman–Crippen LogP) is 3.65. The zero-order valence-electron chi connectivity index (χ0n) is 12.1. The van der Waals surface area contributed by atoms with Crippen molar-refractivity contribution in [3.63, 3.8) is 0 Å². The lowest BCUT2D eigenvalue weighted by Gasteiger charge is -2.42. The Bertz CT molecular complexity index is 378. The van der Waals surface area contributed by atoms with E-state index in [1.54, 1.807) is 0 Å². The molecule has 3 atom stereocenters. The van der Waals surface area contributed by atoms with Crippen LogP contribution in [0.3, 0.4) is 0 Å². The van der Waals surface area contributed by atoms with Gasteiger partial charge in [-0.25, -0.2) is 0 Å². The molecular weight excluding hydrogens is 234 g/mol. The van der Waals surface area contributed by atoms with Gasteiger partial charge in [-0.3, -0.25) is 4.90 Å². The topological polar surface area (TPSA) is 20.3 Å². The molecule has 2 rings (SSSR count). The molecule has 0 radical (unpaired) electrons. The molecule has 1 saturated heterocycles. The molecule has 0 spiro atoms. The molecule has 1 heterocycles. The van der Waals surface area contributed by atoms with Crippen molar-refractivity contribution < 1.29 is 4.79 Å². The molecule has 0 amide bonds. The molecule has 0 bridgehead atoms. The lowest BCUT2D eigenvalue weighted by atomic mass is 9.84. The largest absolute Gasteiger partial charge is 0.303 e. The van der Waals surface area contributed by atoms with Gasteiger partial charge < -0.3 is 4.79 Å². The zero-order valence-corrected chi connectivity index (χ0v) is 12.1. The van der Waals surface area contributed by atoms with Crippen LogP contribution in [-0.4, -0.2) is 23.3 Å². The minimum atomic E-state index is 0.612. The fourth-order valence-corrected chi connectivity index (χ4v) is 3.41. The van der Waals surface area contributed by atoms with Crippen LogP contribution >= 0.6 is 0 Å². The standard InChI is InChI=1S/C17H25NO/c1-14-11-17(9-6-10-19)12-15(2)18(14)13-16-7-4-3-5-8-16/h3-5,7-8,10,14-15,17H,6,9,11-13H2,1-2H3/t14-,15+,17?. The van der Waals surface area contributed by atoms with Crippen LogP contribution in [0.25, 0.3) is 0 Å². The highest BCUT2D eigenvalue weighted by atomic mass is 16.1. The summed E-state index contributed by atoms with van der Waals surface area (Å²) in [6.07, 6.45) is 5.31. The average Bonchev–Trinajstić information content (AvgIpc) is 2.42. The number of hydrogen-bond acceptors (Lipinski definition) is 2. The molecule has 1 aliphatic rings. The van der Waals surface area contributed by atoms with Gasteiger partial charge in [-0.2, -0.15) is 0 Å². The molecule has 1 unspecified atom stereocenters. The Balaban J connectivity index is 1.94. The Morgan fingerprint density at radius 3 is 2.37 bits per heavy atom. The van der Waals surface area contributed by atoms with Crippen LogP contribution in [0.4, 0.5) is 0 Å². The number of rotatable bonds is 5. The van der Waals surface area contributed by atoms with Crippen molar-refractivity contribution in [2.75, 3.05) is 0 Å². The lowest BCUT2D eigenvalue weighted by Crippen LogP contribution is -2.46. The Kier molecular flexibility index (Phi) is 5.15. The van der Waals surface area contributed by atoms with Gasteiger partial charge in [-0.05, 0) is 44.6 Å². The fourth-order valence-electron chi connectivity index (χ4n) is 3.41. The number of aldehydes is 1. The van der Waals surface area contributed by atoms with Crippen LogP contribution in [0.1, 0.15) is 45.1 Å². The first-order valence-corrected chi connectivity index (χ1v) is 7.44. The molecule has 0 saturated carbocycles. The maximum Gasteiger partial charge on any atom is 0.120 e. The van der Waals surface area contributed by atoms with E-state index in [2.05, 4.69) is 49.1 Å². The monoisotopic (exact) mass is 259 g/mol. The summed E-state index contributed by atoms with van der Waals surface area (Å²) in [4.78, 5) is 13.1. The number of likely N-dealkylation sites (tertiary alicyclic amines) is 1. The molecule has 0 N–H and O–H groups in total. The summed E-state index contributed by atoms with van der Waals surface area (Å²) in [6.45, 7) is 5.70. The first kappa shape index (κ1) is 14.3. The van der Waals surface area contributed by atoms with Crippen molar-refractivity contribution in [2.24, 2.45) is 5.92 Å². The molecule has 0 aromatic heterocycles. The third-order valence-electron chi connectivity index (χ3n) is 4.38. The van der Waals surface area contributed by atoms with E-state index < -0.39 is 0 Å². The molecule has 104 valence electrons. The third kappa shape index (κ3) is 3.90. The Morgan fingerprint density at radius 1 is 1.16 bits per heavy atom. The maximum atomic E-state index is 10.5. The Hall–Kier alpha value is -1.15. The summed E-state index contributed by atoms with van der Waals surface area (Å²) >= 11 is 0. The highest BCUT2D eigenvalue weighted by molar-refractivity contribution is 5.49. The minimum absolute atomic E-state index is 0.612. The summed E-state index contributed by atoms with van der Waals surface area (Å²) < 4.78 is 0. The van der Waals surface area contributed by atoms with Crippen LogP contribution in [0.5, 0.6) is 0 Å². The van der Waals surface area contributed by atoms with E-state index in [0.29, 0.717) is 12.1 Å². The summed E-state index contributed by atoms with van der Waals surface area (Å²) in [5.74, 6) is 0.724. The van der Waals surface area contributed by atoms with Crippen LogP contribution in [0.2, 0.25) is 0 Å². The van der Waals surface area contributed by atoms with Gasteiger partial charge in [0.1, 0.15) is 6.29 Å². The molecular formula is C17H25NO. The SMILES string of the molecule is C[C@@H]1CC(CCC=O)C[C@H](C)N1Cc1ccccc1. The summed E-state index contributed by atoms with van der Waals surface area (Å²) in [6, 6.07) is 11.9. The molecule has 2 nitrogen and oxygen atoms in total. The van der Waals surface area contributed by atoms with E-state index in [-0.39, 0.29) is 0 Å². The quantitative estimate of drug-likeness (QED) is 0.752. The molecule has 2 heteroatoms. The van der Waals surface area contributed by atoms with E-state index in [9.17, 15) is 4.79 Å². The molecule has 1 aliphatic heterocycles. The second kappa shape index (κ2) is 6.85. The molecule has 1 aromatic carbocycles. The summed E-state index contributed by atoms with van der Waals surface area (Å²) in [5, 5.41) is 0. The van der Waals surface area contributed by atoms with E-state index in [0.717, 1.165) is 31.6 Å². The third-order valence-corrected chi connectivity index (χ3v) is 4.38. The number of benzene rings is 1. The fraction of sp³-hybridized carbons (Fsp3) is 0.588. The molecule has 1 aromatic rings. The van der Waals surface area contributed by atoms with E-state index in [4.69, 9.17) is 0 Å². The van der Waals surface area contributed by atoms with Gasteiger partial charge in [-0.15, -0.1) is 0 Å². The van der Waals surface area contributed by atoms with Gasteiger partial charge in [0.05, 0.1) is 0 Å². The summed E-state index contributed by atoms with van der Waals surface area (Å²) in [7, 11) is 0. The van der Waals surface area contributed by atoms with Crippen LogP contribution in [0.15, 0.2) is 30.3 Å². The smallest absolute Gasteiger partial charge is 0.120 e. The number of piperidine rings is 1. The van der Waals surface area contributed by atoms with Crippen molar-refractivity contribution in [1.82, 2.24) is 4.90 Å². The van der Waals surface area contributed by atoms with Crippen molar-refractivity contribution in [3.8, 4) is 0 Å².